The van der Waals surface area contributed by atoms with Gasteiger partial charge in [0.05, 0.1) is 19.1 Å². The maximum Gasteiger partial charge on any atom is 0.338 e. The monoisotopic (exact) mass is 242 g/mol. The molecule has 0 bridgehead atoms. The standard InChI is InChI=1S/C11H11ClO4/c1-15-10(13)6-7-16-11(14)8-2-4-9(12)5-3-8/h2-5H,6-7H2,1H3. The van der Waals surface area contributed by atoms with Crippen molar-refractivity contribution in [1.82, 2.24) is 0 Å². The SMILES string of the molecule is COC(=O)CCOC(=O)c1ccc(Cl)cc1. The highest BCUT2D eigenvalue weighted by molar-refractivity contribution is 6.30. The number of carbonyl (C=O) groups is 2. The molecule has 4 nitrogen and oxygen atoms in total. The van der Waals surface area contributed by atoms with E-state index >= 15 is 0 Å². The molecule has 1 rings (SSSR count). The molecule has 0 aliphatic rings. The van der Waals surface area contributed by atoms with Crippen LogP contribution in [0.3, 0.4) is 0 Å². The van der Waals surface area contributed by atoms with Crippen molar-refractivity contribution in [3.63, 3.8) is 0 Å². The summed E-state index contributed by atoms with van der Waals surface area (Å²) in [5.41, 5.74) is 0.397. The zero-order valence-corrected chi connectivity index (χ0v) is 9.49. The van der Waals surface area contributed by atoms with Gasteiger partial charge in [0, 0.05) is 5.02 Å². The van der Waals surface area contributed by atoms with E-state index in [1.54, 1.807) is 24.3 Å². The number of esters is 2. The molecule has 0 saturated carbocycles. The van der Waals surface area contributed by atoms with E-state index in [0.29, 0.717) is 10.6 Å². The van der Waals surface area contributed by atoms with Crippen LogP contribution in [0.2, 0.25) is 5.02 Å². The van der Waals surface area contributed by atoms with Crippen LogP contribution in [0.4, 0.5) is 0 Å². The molecule has 0 saturated heterocycles. The highest BCUT2D eigenvalue weighted by atomic mass is 35.5. The number of hydrogen-bond acceptors (Lipinski definition) is 4. The van der Waals surface area contributed by atoms with Crippen LogP contribution in [0.5, 0.6) is 0 Å². The summed E-state index contributed by atoms with van der Waals surface area (Å²) in [5, 5.41) is 0.547. The lowest BCUT2D eigenvalue weighted by Crippen LogP contribution is -2.10. The van der Waals surface area contributed by atoms with Crippen molar-refractivity contribution in [3.05, 3.63) is 34.9 Å². The predicted octanol–water partition coefficient (Wildman–Crippen LogP) is 2.06. The molecule has 0 amide bonds. The Morgan fingerprint density at radius 2 is 1.88 bits per heavy atom. The third-order valence-corrected chi connectivity index (χ3v) is 2.10. The van der Waals surface area contributed by atoms with Gasteiger partial charge < -0.3 is 9.47 Å². The first kappa shape index (κ1) is 12.5. The normalized spacial score (nSPS) is 9.62. The van der Waals surface area contributed by atoms with E-state index in [4.69, 9.17) is 16.3 Å². The van der Waals surface area contributed by atoms with Crippen molar-refractivity contribution in [2.24, 2.45) is 0 Å². The molecule has 0 fully saturated rings. The van der Waals surface area contributed by atoms with Gasteiger partial charge in [0.25, 0.3) is 0 Å². The Balaban J connectivity index is 2.41. The van der Waals surface area contributed by atoms with Crippen molar-refractivity contribution < 1.29 is 19.1 Å². The largest absolute Gasteiger partial charge is 0.469 e. The Morgan fingerprint density at radius 1 is 1.25 bits per heavy atom. The van der Waals surface area contributed by atoms with Crippen LogP contribution in [0.1, 0.15) is 16.8 Å². The number of halogens is 1. The number of carbonyl (C=O) groups excluding carboxylic acids is 2. The lowest BCUT2D eigenvalue weighted by atomic mass is 10.2. The van der Waals surface area contributed by atoms with Crippen molar-refractivity contribution in [1.29, 1.82) is 0 Å². The van der Waals surface area contributed by atoms with Gasteiger partial charge in [-0.05, 0) is 24.3 Å². The quantitative estimate of drug-likeness (QED) is 0.759. The zero-order chi connectivity index (χ0) is 12.0. The van der Waals surface area contributed by atoms with Crippen LogP contribution >= 0.6 is 11.6 Å². The lowest BCUT2D eigenvalue weighted by molar-refractivity contribution is -0.141. The first-order chi connectivity index (χ1) is 7.63. The fraction of sp³-hybridized carbons (Fsp3) is 0.273. The summed E-state index contributed by atoms with van der Waals surface area (Å²) >= 11 is 5.67. The average Bonchev–Trinajstić information content (AvgIpc) is 2.29. The van der Waals surface area contributed by atoms with Crippen molar-refractivity contribution in [2.45, 2.75) is 6.42 Å². The second kappa shape index (κ2) is 6.12. The first-order valence-corrected chi connectivity index (χ1v) is 5.01. The minimum absolute atomic E-state index is 0.00807. The molecule has 0 heterocycles. The Labute approximate surface area is 98.1 Å². The summed E-state index contributed by atoms with van der Waals surface area (Å²) in [6.45, 7) is 0.00807. The lowest BCUT2D eigenvalue weighted by Gasteiger charge is -2.03. The summed E-state index contributed by atoms with van der Waals surface area (Å²) in [6, 6.07) is 6.31. The van der Waals surface area contributed by atoms with E-state index in [-0.39, 0.29) is 13.0 Å². The molecular formula is C11H11ClO4. The second-order valence-electron chi connectivity index (χ2n) is 2.97. The smallest absolute Gasteiger partial charge is 0.338 e. The van der Waals surface area contributed by atoms with Gasteiger partial charge in [0.2, 0.25) is 0 Å². The topological polar surface area (TPSA) is 52.6 Å². The van der Waals surface area contributed by atoms with Gasteiger partial charge in [-0.3, -0.25) is 4.79 Å². The van der Waals surface area contributed by atoms with Gasteiger partial charge in [-0.2, -0.15) is 0 Å². The maximum absolute atomic E-state index is 11.4. The van der Waals surface area contributed by atoms with Gasteiger partial charge in [0.15, 0.2) is 0 Å². The maximum atomic E-state index is 11.4. The molecule has 1 aromatic carbocycles. The fourth-order valence-corrected chi connectivity index (χ4v) is 1.12. The summed E-state index contributed by atoms with van der Waals surface area (Å²) in [5.74, 6) is -0.899. The van der Waals surface area contributed by atoms with Crippen LogP contribution in [0.15, 0.2) is 24.3 Å². The second-order valence-corrected chi connectivity index (χ2v) is 3.41. The Bertz CT molecular complexity index is 372. The van der Waals surface area contributed by atoms with E-state index in [0.717, 1.165) is 0 Å². The minimum atomic E-state index is -0.486. The van der Waals surface area contributed by atoms with E-state index < -0.39 is 11.9 Å². The number of ether oxygens (including phenoxy) is 2. The van der Waals surface area contributed by atoms with Crippen LogP contribution in [0, 0.1) is 0 Å². The van der Waals surface area contributed by atoms with E-state index in [2.05, 4.69) is 4.74 Å². The van der Waals surface area contributed by atoms with Gasteiger partial charge in [-0.15, -0.1) is 0 Å². The van der Waals surface area contributed by atoms with Crippen molar-refractivity contribution in [2.75, 3.05) is 13.7 Å². The highest BCUT2D eigenvalue weighted by Crippen LogP contribution is 2.10. The number of rotatable bonds is 4. The highest BCUT2D eigenvalue weighted by Gasteiger charge is 2.08. The third kappa shape index (κ3) is 3.90. The molecule has 86 valence electrons. The van der Waals surface area contributed by atoms with Crippen molar-refractivity contribution >= 4 is 23.5 Å². The predicted molar refractivity (Wildman–Crippen MR) is 58.4 cm³/mol. The van der Waals surface area contributed by atoms with Gasteiger partial charge >= 0.3 is 11.9 Å². The number of benzene rings is 1. The van der Waals surface area contributed by atoms with E-state index in [1.807, 2.05) is 0 Å². The molecule has 0 atom stereocenters. The molecule has 0 unspecified atom stereocenters. The first-order valence-electron chi connectivity index (χ1n) is 4.63. The van der Waals surface area contributed by atoms with E-state index in [1.165, 1.54) is 7.11 Å². The van der Waals surface area contributed by atoms with Crippen molar-refractivity contribution in [3.8, 4) is 0 Å². The minimum Gasteiger partial charge on any atom is -0.469 e. The van der Waals surface area contributed by atoms with Crippen LogP contribution in [-0.2, 0) is 14.3 Å². The summed E-state index contributed by atoms with van der Waals surface area (Å²) in [6.07, 6.45) is 0.0514. The van der Waals surface area contributed by atoms with Gasteiger partial charge in [-0.25, -0.2) is 4.79 Å². The molecule has 0 N–H and O–H groups in total. The molecular weight excluding hydrogens is 232 g/mol. The van der Waals surface area contributed by atoms with Gasteiger partial charge in [-0.1, -0.05) is 11.6 Å². The Morgan fingerprint density at radius 3 is 2.44 bits per heavy atom. The van der Waals surface area contributed by atoms with Crippen LogP contribution in [0.25, 0.3) is 0 Å². The number of hydrogen-bond donors (Lipinski definition) is 0. The molecule has 0 radical (unpaired) electrons. The molecule has 5 heteroatoms. The van der Waals surface area contributed by atoms with Crippen LogP contribution < -0.4 is 0 Å². The summed E-state index contributed by atoms with van der Waals surface area (Å²) in [4.78, 5) is 22.2. The van der Waals surface area contributed by atoms with Crippen LogP contribution in [-0.4, -0.2) is 25.7 Å². The Kier molecular flexibility index (Phi) is 4.79. The molecule has 0 aliphatic heterocycles. The number of methoxy groups -OCH3 is 1. The Hall–Kier alpha value is -1.55. The average molecular weight is 243 g/mol. The molecule has 0 aromatic heterocycles. The fourth-order valence-electron chi connectivity index (χ4n) is 0.998. The third-order valence-electron chi connectivity index (χ3n) is 1.85. The zero-order valence-electron chi connectivity index (χ0n) is 8.73. The molecule has 16 heavy (non-hydrogen) atoms. The summed E-state index contributed by atoms with van der Waals surface area (Å²) in [7, 11) is 1.28. The molecule has 0 spiro atoms. The molecule has 1 aromatic rings. The van der Waals surface area contributed by atoms with E-state index in [9.17, 15) is 9.59 Å². The van der Waals surface area contributed by atoms with Gasteiger partial charge in [0.1, 0.15) is 6.61 Å². The summed E-state index contributed by atoms with van der Waals surface area (Å²) < 4.78 is 9.26. The molecule has 0 aliphatic carbocycles.